The molecule has 0 amide bonds. The second-order valence-electron chi connectivity index (χ2n) is 5.30. The molecule has 4 nitrogen and oxygen atoms in total. The molecule has 0 aliphatic carbocycles. The van der Waals surface area contributed by atoms with Crippen LogP contribution in [0.5, 0.6) is 11.5 Å². The highest BCUT2D eigenvalue weighted by Crippen LogP contribution is 2.37. The molecule has 1 aliphatic heterocycles. The van der Waals surface area contributed by atoms with Crippen LogP contribution in [0.1, 0.15) is 18.4 Å². The van der Waals surface area contributed by atoms with Gasteiger partial charge in [0.25, 0.3) is 0 Å². The molecule has 1 fully saturated rings. The molecule has 2 rings (SSSR count). The molecule has 112 valence electrons. The first-order valence-electron chi connectivity index (χ1n) is 7.05. The lowest BCUT2D eigenvalue weighted by molar-refractivity contribution is 0.0362. The molecule has 0 unspecified atom stereocenters. The molecular weight excluding hydrogens is 320 g/mol. The fourth-order valence-corrected chi connectivity index (χ4v) is 2.92. The number of nitrogens with zero attached hydrogens (tertiary/aromatic N) is 1. The maximum atomic E-state index is 6.14. The minimum atomic E-state index is 0.267. The van der Waals surface area contributed by atoms with Gasteiger partial charge < -0.3 is 15.2 Å². The third kappa shape index (κ3) is 3.87. The Morgan fingerprint density at radius 1 is 1.35 bits per heavy atom. The highest BCUT2D eigenvalue weighted by Gasteiger charge is 2.27. The molecule has 0 atom stereocenters. The Bertz CT molecular complexity index is 448. The number of likely N-dealkylation sites (N-methyl/N-ethyl adjacent to an activating group) is 1. The molecule has 1 aromatic rings. The number of aryl methyl sites for hydroxylation is 1. The first kappa shape index (κ1) is 15.6. The molecule has 0 aromatic heterocycles. The molecule has 1 aromatic carbocycles. The molecule has 20 heavy (non-hydrogen) atoms. The van der Waals surface area contributed by atoms with Crippen LogP contribution in [0.25, 0.3) is 0 Å². The van der Waals surface area contributed by atoms with Crippen LogP contribution in [0.3, 0.4) is 0 Å². The normalized spacial score (nSPS) is 16.0. The summed E-state index contributed by atoms with van der Waals surface area (Å²) in [5.41, 5.74) is 6.77. The molecular formula is C15H23BrN2O2. The first-order chi connectivity index (χ1) is 9.63. The summed E-state index contributed by atoms with van der Waals surface area (Å²) >= 11 is 3.54. The Hall–Kier alpha value is -0.780. The number of nitrogens with two attached hydrogens (primary N) is 1. The zero-order valence-corrected chi connectivity index (χ0v) is 13.8. The van der Waals surface area contributed by atoms with Crippen LogP contribution in [0.15, 0.2) is 16.6 Å². The van der Waals surface area contributed by atoms with Crippen LogP contribution < -0.4 is 15.2 Å². The van der Waals surface area contributed by atoms with Crippen molar-refractivity contribution in [3.05, 3.63) is 22.2 Å². The fraction of sp³-hybridized carbons (Fsp3) is 0.600. The van der Waals surface area contributed by atoms with Gasteiger partial charge in [-0.2, -0.15) is 0 Å². The summed E-state index contributed by atoms with van der Waals surface area (Å²) in [5.74, 6) is 1.70. The molecule has 0 radical (unpaired) electrons. The van der Waals surface area contributed by atoms with Crippen molar-refractivity contribution in [3.8, 4) is 11.5 Å². The molecule has 0 spiro atoms. The van der Waals surface area contributed by atoms with Gasteiger partial charge >= 0.3 is 0 Å². The summed E-state index contributed by atoms with van der Waals surface area (Å²) < 4.78 is 12.6. The van der Waals surface area contributed by atoms with Gasteiger partial charge in [0.05, 0.1) is 7.11 Å². The van der Waals surface area contributed by atoms with Crippen LogP contribution in [0.2, 0.25) is 0 Å². The third-order valence-electron chi connectivity index (χ3n) is 3.53. The van der Waals surface area contributed by atoms with Crippen molar-refractivity contribution < 1.29 is 9.47 Å². The first-order valence-corrected chi connectivity index (χ1v) is 7.85. The Balaban J connectivity index is 2.15. The van der Waals surface area contributed by atoms with E-state index in [1.54, 1.807) is 7.11 Å². The second kappa shape index (κ2) is 7.29. The van der Waals surface area contributed by atoms with Crippen LogP contribution in [0.4, 0.5) is 0 Å². The predicted molar refractivity (Wildman–Crippen MR) is 84.6 cm³/mol. The monoisotopic (exact) mass is 342 g/mol. The van der Waals surface area contributed by atoms with Crippen LogP contribution in [0, 0.1) is 0 Å². The average molecular weight is 343 g/mol. The van der Waals surface area contributed by atoms with Crippen LogP contribution in [-0.4, -0.2) is 44.8 Å². The number of benzene rings is 1. The quantitative estimate of drug-likeness (QED) is 0.773. The summed E-state index contributed by atoms with van der Waals surface area (Å²) in [6.07, 6.45) is 3.32. The lowest BCUT2D eigenvalue weighted by atomic mass is 10.1. The Labute approximate surface area is 129 Å². The van der Waals surface area contributed by atoms with E-state index < -0.39 is 0 Å². The third-order valence-corrected chi connectivity index (χ3v) is 3.99. The van der Waals surface area contributed by atoms with Gasteiger partial charge in [0.1, 0.15) is 6.10 Å². The van der Waals surface area contributed by atoms with Gasteiger partial charge in [-0.05, 0) is 50.6 Å². The number of unbranched alkanes of at least 4 members (excludes halogenated alkanes) is 1. The van der Waals surface area contributed by atoms with Gasteiger partial charge in [0, 0.05) is 17.6 Å². The fourth-order valence-electron chi connectivity index (χ4n) is 2.44. The number of rotatable bonds is 7. The topological polar surface area (TPSA) is 47.7 Å². The van der Waals surface area contributed by atoms with Crippen molar-refractivity contribution in [2.75, 3.05) is 33.8 Å². The highest BCUT2D eigenvalue weighted by atomic mass is 79.9. The van der Waals surface area contributed by atoms with E-state index in [0.717, 1.165) is 54.9 Å². The van der Waals surface area contributed by atoms with E-state index in [1.165, 1.54) is 5.56 Å². The van der Waals surface area contributed by atoms with Crippen molar-refractivity contribution in [1.29, 1.82) is 0 Å². The van der Waals surface area contributed by atoms with E-state index in [2.05, 4.69) is 33.9 Å². The summed E-state index contributed by atoms with van der Waals surface area (Å²) in [7, 11) is 3.78. The lowest BCUT2D eigenvalue weighted by Crippen LogP contribution is -2.51. The minimum Gasteiger partial charge on any atom is -0.493 e. The zero-order chi connectivity index (χ0) is 14.5. The number of hydrogen-bond donors (Lipinski definition) is 1. The van der Waals surface area contributed by atoms with Gasteiger partial charge in [-0.15, -0.1) is 0 Å². The Morgan fingerprint density at radius 2 is 2.10 bits per heavy atom. The number of ether oxygens (including phenoxy) is 2. The number of hydrogen-bond acceptors (Lipinski definition) is 4. The van der Waals surface area contributed by atoms with E-state index in [0.29, 0.717) is 0 Å². The SMILES string of the molecule is COc1cc(Br)cc(CCCCN)c1OC1CN(C)C1. The zero-order valence-electron chi connectivity index (χ0n) is 12.2. The molecule has 1 aliphatic rings. The summed E-state index contributed by atoms with van der Waals surface area (Å²) in [5, 5.41) is 0. The van der Waals surface area contributed by atoms with Gasteiger partial charge in [-0.25, -0.2) is 0 Å². The Morgan fingerprint density at radius 3 is 2.70 bits per heavy atom. The van der Waals surface area contributed by atoms with E-state index in [1.807, 2.05) is 6.07 Å². The van der Waals surface area contributed by atoms with Crippen molar-refractivity contribution in [2.45, 2.75) is 25.4 Å². The largest absolute Gasteiger partial charge is 0.493 e. The smallest absolute Gasteiger partial charge is 0.164 e. The Kier molecular flexibility index (Phi) is 5.69. The maximum Gasteiger partial charge on any atom is 0.164 e. The van der Waals surface area contributed by atoms with E-state index in [-0.39, 0.29) is 6.10 Å². The highest BCUT2D eigenvalue weighted by molar-refractivity contribution is 9.10. The van der Waals surface area contributed by atoms with Crippen molar-refractivity contribution >= 4 is 15.9 Å². The lowest BCUT2D eigenvalue weighted by Gasteiger charge is -2.36. The average Bonchev–Trinajstić information content (AvgIpc) is 2.39. The van der Waals surface area contributed by atoms with Gasteiger partial charge in [0.15, 0.2) is 11.5 Å². The van der Waals surface area contributed by atoms with E-state index >= 15 is 0 Å². The number of halogens is 1. The molecule has 1 heterocycles. The molecule has 0 saturated carbocycles. The molecule has 1 saturated heterocycles. The molecule has 5 heteroatoms. The maximum absolute atomic E-state index is 6.14. The van der Waals surface area contributed by atoms with Crippen molar-refractivity contribution in [1.82, 2.24) is 4.90 Å². The summed E-state index contributed by atoms with van der Waals surface area (Å²) in [6, 6.07) is 4.08. The van der Waals surface area contributed by atoms with E-state index in [4.69, 9.17) is 15.2 Å². The van der Waals surface area contributed by atoms with Gasteiger partial charge in [0.2, 0.25) is 0 Å². The number of likely N-dealkylation sites (tertiary alicyclic amines) is 1. The van der Waals surface area contributed by atoms with Crippen molar-refractivity contribution in [2.24, 2.45) is 5.73 Å². The van der Waals surface area contributed by atoms with Gasteiger partial charge in [-0.1, -0.05) is 15.9 Å². The molecule has 0 bridgehead atoms. The van der Waals surface area contributed by atoms with Gasteiger partial charge in [-0.3, -0.25) is 4.90 Å². The molecule has 2 N–H and O–H groups in total. The summed E-state index contributed by atoms with van der Waals surface area (Å²) in [4.78, 5) is 2.24. The minimum absolute atomic E-state index is 0.267. The summed E-state index contributed by atoms with van der Waals surface area (Å²) in [6.45, 7) is 2.68. The predicted octanol–water partition coefficient (Wildman–Crippen LogP) is 2.43. The number of methoxy groups -OCH3 is 1. The second-order valence-corrected chi connectivity index (χ2v) is 6.22. The van der Waals surface area contributed by atoms with E-state index in [9.17, 15) is 0 Å². The van der Waals surface area contributed by atoms with Crippen LogP contribution in [-0.2, 0) is 6.42 Å². The van der Waals surface area contributed by atoms with Crippen LogP contribution >= 0.6 is 15.9 Å². The standard InChI is InChI=1S/C15H23BrN2O2/c1-18-9-13(10-18)20-15-11(5-3-4-6-17)7-12(16)8-14(15)19-2/h7-8,13H,3-6,9-10,17H2,1-2H3. The van der Waals surface area contributed by atoms with Crippen molar-refractivity contribution in [3.63, 3.8) is 0 Å².